The number of carbonyl (C=O) groups excluding carboxylic acids is 5. The Balaban J connectivity index is 0.000000358. The standard InChI is InChI=1S/C12H28NO4.C12H20O7S.C11H14O7S.C11H18O5S.2C9H20N.C9H14O6S.C7H18NO3/c1-14-9-5-13(6-10-15-2,7-11-16-3)8-12-17-4;13-11(14)9-5-1-2-6-10(9)12(15)19-7-3-4-8-20(16,17)18;12-10(17-1-2-19(14,15)16)8-5-3-6-7(4-5)18-11(13)9(6)8;12-11(16-4-1-5-17(13,14)15)10-7-8-2-3-9(10)6-8;2*1-10(2,3)9-7-5-4-6-8-9;10-9(14-3-4-16(11,12)13)7-5-6-1-2-8(7)15-6;1-8(2-5-9,3-6-10)4-7-11/h5-12H2,1-4H3;9-10H,1-8H2,(H,13,14)(H,16,17,18);5-9H,1-4H2,(H,14,15,16);8-10H,1-7H2,(H,13,14,15);2*9H,4-8H2,1-3H3;6-8H,1-5H2,(H,11,12,13);9-11H,2-7H2,1H3/q+1;;;;2*+1;;+1/p-4. The Hall–Kier alpha value is -4.02. The van der Waals surface area contributed by atoms with Gasteiger partial charge in [-0.2, -0.15) is 0 Å². The summed E-state index contributed by atoms with van der Waals surface area (Å²) < 4.78 is 179. The van der Waals surface area contributed by atoms with Gasteiger partial charge in [0.05, 0.1) is 221 Å². The molecule has 0 aromatic rings. The van der Waals surface area contributed by atoms with Crippen molar-refractivity contribution in [3.8, 4) is 0 Å². The van der Waals surface area contributed by atoms with Crippen LogP contribution in [0.25, 0.3) is 0 Å². The first-order valence-electron chi connectivity index (χ1n) is 42.8. The van der Waals surface area contributed by atoms with Crippen LogP contribution in [0.5, 0.6) is 0 Å². The van der Waals surface area contributed by atoms with Crippen LogP contribution >= 0.6 is 0 Å². The highest BCUT2D eigenvalue weighted by atomic mass is 32.2. The number of fused-ring (bicyclic) bond motifs is 5. The number of unbranched alkanes of at least 4 members (excludes halogenated alkanes) is 1. The Morgan fingerprint density at radius 1 is 0.408 bits per heavy atom. The summed E-state index contributed by atoms with van der Waals surface area (Å²) >= 11 is 0. The largest absolute Gasteiger partial charge is 0.748 e. The van der Waals surface area contributed by atoms with E-state index in [2.05, 4.69) is 42.3 Å². The number of ether oxygens (including phenoxy) is 10. The van der Waals surface area contributed by atoms with Gasteiger partial charge < -0.3 is 104 Å². The number of quaternary nitrogens is 4. The first-order chi connectivity index (χ1) is 56.2. The summed E-state index contributed by atoms with van der Waals surface area (Å²) in [6.45, 7) is 8.11. The molecule has 13 unspecified atom stereocenters. The van der Waals surface area contributed by atoms with Gasteiger partial charge in [-0.3, -0.25) is 28.8 Å². The molecule has 10 aliphatic rings. The van der Waals surface area contributed by atoms with E-state index in [0.29, 0.717) is 61.6 Å². The van der Waals surface area contributed by atoms with Crippen molar-refractivity contribution in [2.45, 2.75) is 197 Å². The SMILES string of the molecule is COCC[N+](CCOC)(CCOC)CCOC.C[N+](C)(C)C1CCCCC1.C[N+](C)(C)C1CCCCC1.C[N+](CCO)(CCO)CCO.O=C(O)C1CCCCC1C(=O)OCCCCS(=O)(=O)[O-].O=C(OCCCS(=O)(=O)[O-])C1CC2CCC1C2.O=C(OCCS(=O)(=O)[O-])C1C2CC3OC(=O)C1C3C2.O=C(OCCS(=O)(=O)[O-])C1CC2CCC1O2. The van der Waals surface area contributed by atoms with Crippen molar-refractivity contribution in [3.63, 3.8) is 0 Å². The highest BCUT2D eigenvalue weighted by Crippen LogP contribution is 2.58. The van der Waals surface area contributed by atoms with Crippen molar-refractivity contribution >= 4 is 76.3 Å². The third-order valence-electron chi connectivity index (χ3n) is 24.9. The number of carbonyl (C=O) groups is 6. The number of aliphatic hydroxyl groups is 3. The smallest absolute Gasteiger partial charge is 0.311 e. The van der Waals surface area contributed by atoms with Gasteiger partial charge in [-0.1, -0.05) is 32.1 Å². The number of likely N-dealkylation sites (N-methyl/N-ethyl adjacent to an activating group) is 1. The van der Waals surface area contributed by atoms with E-state index in [-0.39, 0.29) is 113 Å². The van der Waals surface area contributed by atoms with Gasteiger partial charge in [-0.25, -0.2) is 33.7 Å². The molecule has 0 aromatic carbocycles. The van der Waals surface area contributed by atoms with Gasteiger partial charge in [0.1, 0.15) is 65.1 Å². The molecule has 7 aliphatic carbocycles. The van der Waals surface area contributed by atoms with Gasteiger partial charge in [0.2, 0.25) is 0 Å². The Bertz CT molecular complexity index is 3380. The fourth-order valence-electron chi connectivity index (χ4n) is 17.9. The van der Waals surface area contributed by atoms with Crippen LogP contribution in [0.1, 0.15) is 167 Å². The number of aliphatic hydroxyl groups excluding tert-OH is 3. The van der Waals surface area contributed by atoms with Crippen LogP contribution in [0, 0.1) is 59.2 Å². The molecule has 10 rings (SSSR count). The lowest BCUT2D eigenvalue weighted by Crippen LogP contribution is -2.55. The maximum atomic E-state index is 11.9. The zero-order valence-electron chi connectivity index (χ0n) is 73.2. The van der Waals surface area contributed by atoms with Crippen LogP contribution in [0.2, 0.25) is 0 Å². The number of hydrogen-bond donors (Lipinski definition) is 4. The molecule has 0 radical (unpaired) electrons. The number of rotatable bonds is 40. The third-order valence-corrected chi connectivity index (χ3v) is 27.8. The molecule has 40 heteroatoms. The zero-order valence-corrected chi connectivity index (χ0v) is 76.5. The molecule has 0 aromatic heterocycles. The van der Waals surface area contributed by atoms with E-state index < -0.39 is 118 Å². The van der Waals surface area contributed by atoms with Crippen LogP contribution in [-0.4, -0.2) is 376 Å². The van der Waals surface area contributed by atoms with Gasteiger partial charge in [0, 0.05) is 45.9 Å². The van der Waals surface area contributed by atoms with E-state index in [1.807, 2.05) is 7.05 Å². The molecule has 7 saturated carbocycles. The maximum Gasteiger partial charge on any atom is 0.311 e. The van der Waals surface area contributed by atoms with Gasteiger partial charge in [-0.15, -0.1) is 0 Å². The van der Waals surface area contributed by atoms with Gasteiger partial charge >= 0.3 is 35.8 Å². The number of nitrogens with zero attached hydrogens (tertiary/aromatic N) is 4. The van der Waals surface area contributed by atoms with Crippen molar-refractivity contribution in [1.82, 2.24) is 0 Å². The van der Waals surface area contributed by atoms with E-state index >= 15 is 0 Å². The van der Waals surface area contributed by atoms with E-state index in [4.69, 9.17) is 67.8 Å². The number of hydrogen-bond acceptors (Lipinski definition) is 31. The van der Waals surface area contributed by atoms with Gasteiger partial charge in [-0.05, 0) is 153 Å². The monoisotopic (exact) mass is 1800 g/mol. The topological polar surface area (TPSA) is 504 Å². The molecular weight excluding hydrogens is 1660 g/mol. The first kappa shape index (κ1) is 110. The molecule has 0 spiro atoms. The molecule has 120 heavy (non-hydrogen) atoms. The summed E-state index contributed by atoms with van der Waals surface area (Å²) in [6.07, 6.45) is 26.0. The fraction of sp³-hybridized carbons (Fsp3) is 0.925. The first-order valence-corrected chi connectivity index (χ1v) is 49.1. The highest BCUT2D eigenvalue weighted by Gasteiger charge is 2.64. The van der Waals surface area contributed by atoms with Crippen LogP contribution in [0.3, 0.4) is 0 Å². The van der Waals surface area contributed by atoms with Crippen molar-refractivity contribution < 1.29 is 166 Å². The Kier molecular flexibility index (Phi) is 50.4. The van der Waals surface area contributed by atoms with E-state index in [9.17, 15) is 80.6 Å². The third kappa shape index (κ3) is 43.0. The number of esters is 5. The lowest BCUT2D eigenvalue weighted by Gasteiger charge is -2.38. The van der Waals surface area contributed by atoms with E-state index in [0.717, 1.165) is 121 Å². The molecule has 6 bridgehead atoms. The average molecular weight is 1810 g/mol. The number of aliphatic carboxylic acids is 1. The molecule has 0 amide bonds. The molecule has 4 N–H and O–H groups in total. The minimum Gasteiger partial charge on any atom is -0.748 e. The van der Waals surface area contributed by atoms with Gasteiger partial charge in [0.15, 0.2) is 0 Å². The second-order valence-electron chi connectivity index (χ2n) is 35.5. The minimum absolute atomic E-state index is 0.0111. The molecular formula is C80H148N4O32S4. The predicted octanol–water partition coefficient (Wildman–Crippen LogP) is 3.41. The quantitative estimate of drug-likeness (QED) is 0.0224. The Labute approximate surface area is 714 Å². The maximum absolute atomic E-state index is 11.9. The predicted molar refractivity (Wildman–Crippen MR) is 436 cm³/mol. The molecule has 10 fully saturated rings. The second-order valence-corrected chi connectivity index (χ2v) is 41.6. The number of methoxy groups -OCH3 is 4. The number of carboxylic acid groups (broad SMARTS) is 1. The van der Waals surface area contributed by atoms with Crippen molar-refractivity contribution in [2.24, 2.45) is 59.2 Å². The van der Waals surface area contributed by atoms with Crippen LogP contribution in [0.4, 0.5) is 0 Å². The molecule has 704 valence electrons. The Morgan fingerprint density at radius 3 is 1.21 bits per heavy atom. The lowest BCUT2D eigenvalue weighted by molar-refractivity contribution is -0.929. The molecule has 3 aliphatic heterocycles. The Morgan fingerprint density at radius 2 is 0.825 bits per heavy atom. The second kappa shape index (κ2) is 54.9. The van der Waals surface area contributed by atoms with Gasteiger partial charge in [0.25, 0.3) is 0 Å². The van der Waals surface area contributed by atoms with Crippen molar-refractivity contribution in [1.29, 1.82) is 0 Å². The molecule has 13 atom stereocenters. The fourth-order valence-corrected chi connectivity index (χ4v) is 19.5. The average Bonchev–Trinajstić information content (AvgIpc) is 1.57. The van der Waals surface area contributed by atoms with Crippen LogP contribution in [0.15, 0.2) is 0 Å². The molecule has 3 heterocycles. The molecule has 36 nitrogen and oxygen atoms in total. The van der Waals surface area contributed by atoms with Crippen molar-refractivity contribution in [2.75, 3.05) is 219 Å². The minimum atomic E-state index is -4.39. The zero-order chi connectivity index (χ0) is 90.1. The van der Waals surface area contributed by atoms with Crippen LogP contribution < -0.4 is 0 Å². The molecule has 3 saturated heterocycles. The summed E-state index contributed by atoms with van der Waals surface area (Å²) in [5.74, 6) is -6.72. The summed E-state index contributed by atoms with van der Waals surface area (Å²) in [7, 11) is 5.60. The lowest BCUT2D eigenvalue weighted by atomic mass is 9.79. The normalized spacial score (nSPS) is 25.6. The van der Waals surface area contributed by atoms with E-state index in [1.165, 1.54) is 79.6 Å². The van der Waals surface area contributed by atoms with Crippen LogP contribution in [-0.2, 0) is 117 Å². The van der Waals surface area contributed by atoms with E-state index in [1.54, 1.807) is 28.4 Å². The summed E-state index contributed by atoms with van der Waals surface area (Å²) in [5.41, 5.74) is 0. The highest BCUT2D eigenvalue weighted by molar-refractivity contribution is 7.86. The summed E-state index contributed by atoms with van der Waals surface area (Å²) in [4.78, 5) is 69.7. The van der Waals surface area contributed by atoms with Crippen molar-refractivity contribution in [3.05, 3.63) is 0 Å². The number of carboxylic acids is 1. The summed E-state index contributed by atoms with van der Waals surface area (Å²) in [6, 6.07) is 1.88. The summed E-state index contributed by atoms with van der Waals surface area (Å²) in [5, 5.41) is 35.1.